The molecule has 2 aliphatic heterocycles. The Morgan fingerprint density at radius 1 is 1.13 bits per heavy atom. The lowest BCUT2D eigenvalue weighted by atomic mass is 9.98. The quantitative estimate of drug-likeness (QED) is 0.540. The van der Waals surface area contributed by atoms with E-state index < -0.39 is 11.1 Å². The van der Waals surface area contributed by atoms with Crippen LogP contribution < -0.4 is 15.1 Å². The third-order valence-electron chi connectivity index (χ3n) is 6.98. The third-order valence-corrected chi connectivity index (χ3v) is 6.98. The Morgan fingerprint density at radius 2 is 1.89 bits per heavy atom. The Bertz CT molecular complexity index is 1410. The molecule has 11 nitrogen and oxygen atoms in total. The van der Waals surface area contributed by atoms with Crippen LogP contribution in [0.2, 0.25) is 0 Å². The van der Waals surface area contributed by atoms with Gasteiger partial charge in [-0.15, -0.1) is 0 Å². The number of urea groups is 1. The lowest BCUT2D eigenvalue weighted by molar-refractivity contribution is 0.000363. The molecule has 0 atom stereocenters. The summed E-state index contributed by atoms with van der Waals surface area (Å²) in [5, 5.41) is 7.38. The topological polar surface area (TPSA) is 108 Å². The number of nitrogens with one attached hydrogen (secondary N) is 1. The molecule has 0 aliphatic carbocycles. The maximum Gasteiger partial charge on any atom is 0.410 e. The second kappa shape index (κ2) is 9.14. The molecular formula is C27H36N8O3. The maximum atomic E-state index is 13.4. The van der Waals surface area contributed by atoms with E-state index in [1.165, 1.54) is 0 Å². The van der Waals surface area contributed by atoms with E-state index in [1.54, 1.807) is 21.8 Å². The second-order valence-electron chi connectivity index (χ2n) is 11.7. The number of hydrogen-bond acceptors (Lipinski definition) is 7. The summed E-state index contributed by atoms with van der Waals surface area (Å²) in [7, 11) is 0. The van der Waals surface area contributed by atoms with Crippen molar-refractivity contribution in [3.8, 4) is 0 Å². The molecule has 1 saturated heterocycles. The molecule has 3 amide bonds. The molecule has 0 saturated carbocycles. The van der Waals surface area contributed by atoms with Gasteiger partial charge in [0.1, 0.15) is 17.2 Å². The summed E-state index contributed by atoms with van der Waals surface area (Å²) in [4.78, 5) is 40.9. The van der Waals surface area contributed by atoms with Gasteiger partial charge in [0.2, 0.25) is 0 Å². The first-order valence-corrected chi connectivity index (χ1v) is 13.0. The highest BCUT2D eigenvalue weighted by Gasteiger charge is 2.40. The molecule has 0 spiro atoms. The van der Waals surface area contributed by atoms with Crippen LogP contribution in [0.25, 0.3) is 5.65 Å². The van der Waals surface area contributed by atoms with Crippen LogP contribution in [0.5, 0.6) is 0 Å². The van der Waals surface area contributed by atoms with E-state index in [-0.39, 0.29) is 12.1 Å². The van der Waals surface area contributed by atoms with E-state index in [2.05, 4.69) is 39.1 Å². The van der Waals surface area contributed by atoms with E-state index in [9.17, 15) is 9.59 Å². The van der Waals surface area contributed by atoms with Crippen molar-refractivity contribution in [2.24, 2.45) is 0 Å². The predicted octanol–water partition coefficient (Wildman–Crippen LogP) is 4.17. The largest absolute Gasteiger partial charge is 0.444 e. The molecule has 38 heavy (non-hydrogen) atoms. The van der Waals surface area contributed by atoms with Gasteiger partial charge in [-0.25, -0.2) is 24.1 Å². The van der Waals surface area contributed by atoms with E-state index in [0.29, 0.717) is 49.9 Å². The van der Waals surface area contributed by atoms with E-state index in [4.69, 9.17) is 4.74 Å². The number of carbonyl (C=O) groups excluding carboxylic acids is 2. The Balaban J connectivity index is 1.34. The molecule has 11 heteroatoms. The van der Waals surface area contributed by atoms with Crippen molar-refractivity contribution in [3.05, 3.63) is 41.5 Å². The zero-order valence-corrected chi connectivity index (χ0v) is 23.2. The molecule has 202 valence electrons. The van der Waals surface area contributed by atoms with Gasteiger partial charge in [0.15, 0.2) is 5.65 Å². The fourth-order valence-corrected chi connectivity index (χ4v) is 5.23. The average Bonchev–Trinajstić information content (AvgIpc) is 3.39. The van der Waals surface area contributed by atoms with Gasteiger partial charge in [0.05, 0.1) is 17.4 Å². The first kappa shape index (κ1) is 25.7. The molecule has 0 bridgehead atoms. The van der Waals surface area contributed by atoms with Crippen LogP contribution in [0, 0.1) is 13.8 Å². The summed E-state index contributed by atoms with van der Waals surface area (Å²) in [5.74, 6) is 1.34. The lowest BCUT2D eigenvalue weighted by Gasteiger charge is -2.48. The molecule has 0 aromatic carbocycles. The number of ether oxygens (including phenoxy) is 1. The number of hydrogen-bond donors (Lipinski definition) is 1. The fraction of sp³-hybridized carbons (Fsp3) is 0.519. The number of aryl methyl sites for hydroxylation is 2. The number of piperazine rings is 1. The maximum absolute atomic E-state index is 13.4. The number of amides is 3. The Kier molecular flexibility index (Phi) is 6.19. The minimum Gasteiger partial charge on any atom is -0.444 e. The summed E-state index contributed by atoms with van der Waals surface area (Å²) in [5.41, 5.74) is 3.45. The molecule has 1 fully saturated rings. The summed E-state index contributed by atoms with van der Waals surface area (Å²) >= 11 is 0. The molecule has 5 rings (SSSR count). The van der Waals surface area contributed by atoms with Crippen LogP contribution in [0.15, 0.2) is 24.5 Å². The molecule has 0 radical (unpaired) electrons. The van der Waals surface area contributed by atoms with Crippen molar-refractivity contribution in [1.29, 1.82) is 0 Å². The van der Waals surface area contributed by atoms with Gasteiger partial charge in [-0.05, 0) is 72.6 Å². The van der Waals surface area contributed by atoms with Crippen molar-refractivity contribution in [1.82, 2.24) is 24.5 Å². The number of anilines is 3. The third kappa shape index (κ3) is 4.84. The first-order chi connectivity index (χ1) is 17.8. The molecule has 3 aromatic rings. The SMILES string of the molecule is Cc1nc2cc(C)c(NC(=O)N3CCc4c(N5CCN(C(=O)OC(C)(C)C)C(C)(C)C5)ccnc43)cn2n1. The van der Waals surface area contributed by atoms with E-state index >= 15 is 0 Å². The van der Waals surface area contributed by atoms with Crippen LogP contribution in [-0.2, 0) is 11.2 Å². The number of rotatable bonds is 2. The van der Waals surface area contributed by atoms with Crippen LogP contribution in [0.4, 0.5) is 26.8 Å². The van der Waals surface area contributed by atoms with Crippen molar-refractivity contribution in [2.75, 3.05) is 41.3 Å². The van der Waals surface area contributed by atoms with Gasteiger partial charge in [-0.3, -0.25) is 9.80 Å². The highest BCUT2D eigenvalue weighted by molar-refractivity contribution is 6.03. The van der Waals surface area contributed by atoms with Gasteiger partial charge >= 0.3 is 12.1 Å². The fourth-order valence-electron chi connectivity index (χ4n) is 5.23. The van der Waals surface area contributed by atoms with Crippen molar-refractivity contribution in [3.63, 3.8) is 0 Å². The molecular weight excluding hydrogens is 484 g/mol. The minimum absolute atomic E-state index is 0.234. The molecule has 3 aromatic heterocycles. The number of aromatic nitrogens is 4. The number of fused-ring (bicyclic) bond motifs is 2. The Morgan fingerprint density at radius 3 is 2.61 bits per heavy atom. The summed E-state index contributed by atoms with van der Waals surface area (Å²) in [6, 6.07) is 3.68. The van der Waals surface area contributed by atoms with Gasteiger partial charge in [0.25, 0.3) is 0 Å². The van der Waals surface area contributed by atoms with Gasteiger partial charge in [0, 0.05) is 43.6 Å². The van der Waals surface area contributed by atoms with Gasteiger partial charge in [-0.2, -0.15) is 5.10 Å². The molecule has 5 heterocycles. The minimum atomic E-state index is -0.543. The number of carbonyl (C=O) groups is 2. The van der Waals surface area contributed by atoms with E-state index in [1.807, 2.05) is 51.7 Å². The zero-order valence-electron chi connectivity index (χ0n) is 23.2. The standard InChI is InChI=1S/C27H36N8O3/c1-17-14-22-29-18(2)31-35(22)15-20(17)30-24(36)33-11-9-19-21(8-10-28-23(19)33)32-12-13-34(27(6,7)16-32)25(37)38-26(3,4)5/h8,10,14-15H,9,11-13,16H2,1-7H3,(H,30,36). The lowest BCUT2D eigenvalue weighted by Crippen LogP contribution is -2.62. The smallest absolute Gasteiger partial charge is 0.410 e. The molecule has 2 aliphatic rings. The van der Waals surface area contributed by atoms with E-state index in [0.717, 1.165) is 22.5 Å². The Labute approximate surface area is 222 Å². The van der Waals surface area contributed by atoms with Crippen molar-refractivity contribution >= 4 is 35.0 Å². The van der Waals surface area contributed by atoms with Crippen LogP contribution in [0.3, 0.4) is 0 Å². The van der Waals surface area contributed by atoms with Crippen LogP contribution >= 0.6 is 0 Å². The average molecular weight is 521 g/mol. The predicted molar refractivity (Wildman–Crippen MR) is 146 cm³/mol. The Hall–Kier alpha value is -3.89. The zero-order chi connectivity index (χ0) is 27.4. The first-order valence-electron chi connectivity index (χ1n) is 13.0. The second-order valence-corrected chi connectivity index (χ2v) is 11.7. The normalized spacial score (nSPS) is 17.1. The monoisotopic (exact) mass is 520 g/mol. The highest BCUT2D eigenvalue weighted by atomic mass is 16.6. The van der Waals surface area contributed by atoms with Crippen molar-refractivity contribution < 1.29 is 14.3 Å². The summed E-state index contributed by atoms with van der Waals surface area (Å²) in [6.45, 7) is 15.9. The van der Waals surface area contributed by atoms with Crippen LogP contribution in [-0.4, -0.2) is 73.9 Å². The van der Waals surface area contributed by atoms with Gasteiger partial charge < -0.3 is 15.0 Å². The summed E-state index contributed by atoms with van der Waals surface area (Å²) in [6.07, 6.45) is 3.95. The molecule has 0 unspecified atom stereocenters. The summed E-state index contributed by atoms with van der Waals surface area (Å²) < 4.78 is 7.32. The van der Waals surface area contributed by atoms with Crippen LogP contribution in [0.1, 0.15) is 51.6 Å². The highest BCUT2D eigenvalue weighted by Crippen LogP contribution is 2.36. The van der Waals surface area contributed by atoms with Crippen molar-refractivity contribution in [2.45, 2.75) is 66.0 Å². The van der Waals surface area contributed by atoms with Gasteiger partial charge in [-0.1, -0.05) is 0 Å². The number of pyridine rings is 2. The number of nitrogens with zero attached hydrogens (tertiary/aromatic N) is 7. The molecule has 1 N–H and O–H groups in total.